The molecular formula is C32H36. The molecule has 0 unspecified atom stereocenters. The number of rotatable bonds is 5. The van der Waals surface area contributed by atoms with Crippen molar-refractivity contribution in [2.24, 2.45) is 0 Å². The molecule has 0 nitrogen and oxygen atoms in total. The Labute approximate surface area is 194 Å². The standard InChI is InChI=1S/C32H36/c1-21-10-8-11-22(2)32(21)24(4)17-26-14-9-15-30(26)29-19-28-18-27(16-23(3)31(28)20-29)25-12-6-5-7-13-25/h8,10-11,14-16,18,20,25H,4-7,9,12-13,17,19H2,1-3H3. The number of aryl methyl sites for hydroxylation is 3. The second-order valence-corrected chi connectivity index (χ2v) is 10.2. The quantitative estimate of drug-likeness (QED) is 0.453. The van der Waals surface area contributed by atoms with Crippen molar-refractivity contribution in [3.8, 4) is 0 Å². The molecule has 2 aromatic carbocycles. The molecule has 0 amide bonds. The molecule has 32 heavy (non-hydrogen) atoms. The van der Waals surface area contributed by atoms with Crippen molar-refractivity contribution in [2.75, 3.05) is 0 Å². The SMILES string of the molecule is C=C(CC1=CCC=C1C1=Cc2c(C)cc(C3CCCCC3)cc2C1)c1c(C)cccc1C. The molecule has 0 atom stereocenters. The van der Waals surface area contributed by atoms with Crippen molar-refractivity contribution in [3.63, 3.8) is 0 Å². The topological polar surface area (TPSA) is 0 Å². The van der Waals surface area contributed by atoms with Gasteiger partial charge in [0.1, 0.15) is 0 Å². The van der Waals surface area contributed by atoms with Crippen LogP contribution in [0.5, 0.6) is 0 Å². The summed E-state index contributed by atoms with van der Waals surface area (Å²) < 4.78 is 0. The smallest absolute Gasteiger partial charge is 0.00135 e. The summed E-state index contributed by atoms with van der Waals surface area (Å²) >= 11 is 0. The van der Waals surface area contributed by atoms with Crippen LogP contribution < -0.4 is 0 Å². The van der Waals surface area contributed by atoms with Gasteiger partial charge in [0.15, 0.2) is 0 Å². The Bertz CT molecular complexity index is 1140. The van der Waals surface area contributed by atoms with Gasteiger partial charge in [0, 0.05) is 0 Å². The van der Waals surface area contributed by atoms with Gasteiger partial charge in [-0.05, 0) is 120 Å². The Hall–Kier alpha value is -2.60. The predicted molar refractivity (Wildman–Crippen MR) is 139 cm³/mol. The fraction of sp³-hybridized carbons (Fsp3) is 0.375. The maximum absolute atomic E-state index is 4.50. The first kappa shape index (κ1) is 21.3. The molecule has 0 aromatic heterocycles. The van der Waals surface area contributed by atoms with Crippen LogP contribution >= 0.6 is 0 Å². The second-order valence-electron chi connectivity index (χ2n) is 10.2. The van der Waals surface area contributed by atoms with E-state index in [1.165, 1.54) is 82.2 Å². The number of fused-ring (bicyclic) bond motifs is 1. The van der Waals surface area contributed by atoms with Gasteiger partial charge in [-0.25, -0.2) is 0 Å². The molecule has 3 aliphatic rings. The van der Waals surface area contributed by atoms with Crippen LogP contribution in [0.4, 0.5) is 0 Å². The van der Waals surface area contributed by atoms with Crippen molar-refractivity contribution in [1.29, 1.82) is 0 Å². The van der Waals surface area contributed by atoms with E-state index in [0.29, 0.717) is 0 Å². The van der Waals surface area contributed by atoms with Crippen LogP contribution in [0.3, 0.4) is 0 Å². The third-order valence-electron chi connectivity index (χ3n) is 7.89. The third kappa shape index (κ3) is 3.96. The molecule has 0 heteroatoms. The zero-order valence-corrected chi connectivity index (χ0v) is 20.1. The van der Waals surface area contributed by atoms with Crippen LogP contribution in [0.1, 0.15) is 89.8 Å². The van der Waals surface area contributed by atoms with Gasteiger partial charge in [-0.15, -0.1) is 0 Å². The Kier molecular flexibility index (Phi) is 5.80. The Morgan fingerprint density at radius 3 is 2.44 bits per heavy atom. The van der Waals surface area contributed by atoms with Crippen molar-refractivity contribution in [3.05, 3.63) is 105 Å². The van der Waals surface area contributed by atoms with Gasteiger partial charge < -0.3 is 0 Å². The van der Waals surface area contributed by atoms with Crippen molar-refractivity contribution in [2.45, 2.75) is 78.1 Å². The van der Waals surface area contributed by atoms with Crippen LogP contribution in [0.25, 0.3) is 11.6 Å². The van der Waals surface area contributed by atoms with Gasteiger partial charge in [0.2, 0.25) is 0 Å². The predicted octanol–water partition coefficient (Wildman–Crippen LogP) is 8.96. The maximum atomic E-state index is 4.50. The highest BCUT2D eigenvalue weighted by Gasteiger charge is 2.24. The first-order valence-corrected chi connectivity index (χ1v) is 12.5. The molecule has 0 aliphatic heterocycles. The summed E-state index contributed by atoms with van der Waals surface area (Å²) in [5.41, 5.74) is 15.7. The Morgan fingerprint density at radius 2 is 1.69 bits per heavy atom. The van der Waals surface area contributed by atoms with Crippen LogP contribution in [0, 0.1) is 20.8 Å². The Morgan fingerprint density at radius 1 is 0.938 bits per heavy atom. The van der Waals surface area contributed by atoms with Gasteiger partial charge in [-0.2, -0.15) is 0 Å². The molecule has 1 fully saturated rings. The first-order valence-electron chi connectivity index (χ1n) is 12.5. The van der Waals surface area contributed by atoms with Crippen LogP contribution in [0.2, 0.25) is 0 Å². The van der Waals surface area contributed by atoms with Gasteiger partial charge in [-0.3, -0.25) is 0 Å². The minimum absolute atomic E-state index is 0.777. The first-order chi connectivity index (χ1) is 15.5. The zero-order chi connectivity index (χ0) is 22.2. The minimum Gasteiger partial charge on any atom is -0.0949 e. The lowest BCUT2D eigenvalue weighted by molar-refractivity contribution is 0.443. The fourth-order valence-corrected chi connectivity index (χ4v) is 6.28. The minimum atomic E-state index is 0.777. The lowest BCUT2D eigenvalue weighted by Crippen LogP contribution is -2.06. The van der Waals surface area contributed by atoms with Crippen molar-refractivity contribution in [1.82, 2.24) is 0 Å². The van der Waals surface area contributed by atoms with Gasteiger partial charge in [0.25, 0.3) is 0 Å². The summed E-state index contributed by atoms with van der Waals surface area (Å²) in [4.78, 5) is 0. The third-order valence-corrected chi connectivity index (χ3v) is 7.89. The number of hydrogen-bond donors (Lipinski definition) is 0. The molecule has 0 N–H and O–H groups in total. The molecule has 164 valence electrons. The number of allylic oxidation sites excluding steroid dienone is 6. The van der Waals surface area contributed by atoms with E-state index in [1.54, 1.807) is 11.1 Å². The van der Waals surface area contributed by atoms with E-state index in [1.807, 2.05) is 0 Å². The summed E-state index contributed by atoms with van der Waals surface area (Å²) in [6.07, 6.45) is 17.3. The molecule has 0 radical (unpaired) electrons. The molecule has 0 spiro atoms. The monoisotopic (exact) mass is 420 g/mol. The van der Waals surface area contributed by atoms with E-state index >= 15 is 0 Å². The summed E-state index contributed by atoms with van der Waals surface area (Å²) in [7, 11) is 0. The fourth-order valence-electron chi connectivity index (χ4n) is 6.28. The molecular weight excluding hydrogens is 384 g/mol. The van der Waals surface area contributed by atoms with Crippen molar-refractivity contribution < 1.29 is 0 Å². The second kappa shape index (κ2) is 8.74. The zero-order valence-electron chi connectivity index (χ0n) is 20.1. The maximum Gasteiger partial charge on any atom is -0.00135 e. The van der Waals surface area contributed by atoms with Crippen LogP contribution in [-0.2, 0) is 6.42 Å². The molecule has 0 saturated heterocycles. The van der Waals surface area contributed by atoms with Gasteiger partial charge >= 0.3 is 0 Å². The molecule has 1 saturated carbocycles. The van der Waals surface area contributed by atoms with Crippen LogP contribution in [0.15, 0.2) is 65.8 Å². The average molecular weight is 421 g/mol. The lowest BCUT2D eigenvalue weighted by Gasteiger charge is -2.23. The molecule has 0 bridgehead atoms. The van der Waals surface area contributed by atoms with E-state index in [9.17, 15) is 0 Å². The summed E-state index contributed by atoms with van der Waals surface area (Å²) in [5, 5.41) is 0. The van der Waals surface area contributed by atoms with Gasteiger partial charge in [-0.1, -0.05) is 74.4 Å². The highest BCUT2D eigenvalue weighted by atomic mass is 14.3. The molecule has 5 rings (SSSR count). The molecule has 0 heterocycles. The van der Waals surface area contributed by atoms with E-state index in [2.05, 4.69) is 75.9 Å². The lowest BCUT2D eigenvalue weighted by atomic mass is 9.82. The van der Waals surface area contributed by atoms with Gasteiger partial charge in [0.05, 0.1) is 0 Å². The summed E-state index contributed by atoms with van der Waals surface area (Å²) in [6.45, 7) is 11.2. The molecule has 3 aliphatic carbocycles. The van der Waals surface area contributed by atoms with E-state index in [-0.39, 0.29) is 0 Å². The van der Waals surface area contributed by atoms with Crippen molar-refractivity contribution >= 4 is 11.6 Å². The Balaban J connectivity index is 1.36. The van der Waals surface area contributed by atoms with E-state index in [0.717, 1.165) is 25.2 Å². The van der Waals surface area contributed by atoms with Crippen LogP contribution in [-0.4, -0.2) is 0 Å². The average Bonchev–Trinajstić information content (AvgIpc) is 3.41. The normalized spacial score (nSPS) is 18.3. The molecule has 2 aromatic rings. The highest BCUT2D eigenvalue weighted by Crippen LogP contribution is 2.42. The summed E-state index contributed by atoms with van der Waals surface area (Å²) in [5.74, 6) is 0.777. The van der Waals surface area contributed by atoms with E-state index < -0.39 is 0 Å². The largest absolute Gasteiger partial charge is 0.0949 e. The summed E-state index contributed by atoms with van der Waals surface area (Å²) in [6, 6.07) is 11.6. The highest BCUT2D eigenvalue weighted by molar-refractivity contribution is 5.77. The number of benzene rings is 2. The van der Waals surface area contributed by atoms with E-state index in [4.69, 9.17) is 0 Å². The number of hydrogen-bond acceptors (Lipinski definition) is 0.